The maximum absolute atomic E-state index is 11.4. The number of ether oxygens (including phenoxy) is 2. The Hall–Kier alpha value is -3.54. The Balaban J connectivity index is 1.25. The van der Waals surface area contributed by atoms with Crippen molar-refractivity contribution in [2.45, 2.75) is 12.8 Å². The summed E-state index contributed by atoms with van der Waals surface area (Å²) in [6, 6.07) is 17.9. The maximum atomic E-state index is 11.4. The normalized spacial score (nSPS) is 11.0. The first-order chi connectivity index (χ1) is 13.7. The molecular formula is C22H20N2O4. The summed E-state index contributed by atoms with van der Waals surface area (Å²) in [6.07, 6.45) is 1.68. The molecule has 0 aliphatic carbocycles. The zero-order valence-electron chi connectivity index (χ0n) is 15.2. The van der Waals surface area contributed by atoms with Gasteiger partial charge in [0.15, 0.2) is 0 Å². The Morgan fingerprint density at radius 2 is 1.04 bits per heavy atom. The van der Waals surface area contributed by atoms with Gasteiger partial charge < -0.3 is 19.4 Å². The summed E-state index contributed by atoms with van der Waals surface area (Å²) < 4.78 is 11.5. The third-order valence-electron chi connectivity index (χ3n) is 4.47. The van der Waals surface area contributed by atoms with Crippen molar-refractivity contribution < 1.29 is 9.47 Å². The Labute approximate surface area is 160 Å². The van der Waals surface area contributed by atoms with E-state index in [2.05, 4.69) is 9.97 Å². The van der Waals surface area contributed by atoms with Gasteiger partial charge in [0, 0.05) is 24.3 Å². The molecule has 4 aromatic rings. The molecule has 6 heteroatoms. The fourth-order valence-electron chi connectivity index (χ4n) is 3.02. The minimum atomic E-state index is -0.125. The summed E-state index contributed by atoms with van der Waals surface area (Å²) in [7, 11) is 0. The van der Waals surface area contributed by atoms with Crippen LogP contribution in [-0.4, -0.2) is 23.2 Å². The van der Waals surface area contributed by atoms with Gasteiger partial charge >= 0.3 is 0 Å². The van der Waals surface area contributed by atoms with Gasteiger partial charge in [-0.2, -0.15) is 0 Å². The highest BCUT2D eigenvalue weighted by Crippen LogP contribution is 2.19. The molecule has 2 N–H and O–H groups in total. The minimum Gasteiger partial charge on any atom is -0.494 e. The Morgan fingerprint density at radius 3 is 1.50 bits per heavy atom. The molecule has 0 fully saturated rings. The van der Waals surface area contributed by atoms with Crippen LogP contribution in [0.25, 0.3) is 21.8 Å². The molecule has 0 amide bonds. The number of hydrogen-bond donors (Lipinski definition) is 2. The maximum Gasteiger partial charge on any atom is 0.248 e. The van der Waals surface area contributed by atoms with Crippen LogP contribution >= 0.6 is 0 Å². The van der Waals surface area contributed by atoms with Crippen molar-refractivity contribution in [3.63, 3.8) is 0 Å². The first kappa shape index (κ1) is 17.9. The van der Waals surface area contributed by atoms with Gasteiger partial charge in [-0.05, 0) is 60.0 Å². The minimum absolute atomic E-state index is 0.125. The fraction of sp³-hybridized carbons (Fsp3) is 0.182. The van der Waals surface area contributed by atoms with Gasteiger partial charge in [-0.25, -0.2) is 0 Å². The molecule has 0 unspecified atom stereocenters. The topological polar surface area (TPSA) is 84.2 Å². The second-order valence-corrected chi connectivity index (χ2v) is 6.55. The number of nitrogens with one attached hydrogen (secondary N) is 2. The van der Waals surface area contributed by atoms with Crippen molar-refractivity contribution in [3.8, 4) is 11.5 Å². The van der Waals surface area contributed by atoms with Crippen molar-refractivity contribution >= 4 is 21.8 Å². The summed E-state index contributed by atoms with van der Waals surface area (Å²) in [5.41, 5.74) is 1.28. The standard InChI is InChI=1S/C22H20N2O4/c25-21-9-5-15-3-7-17(13-19(15)23-21)27-11-1-2-12-28-18-8-4-16-6-10-22(26)24-20(16)14-18/h3-10,13-14H,1-2,11-12H2,(H,23,25)(H,24,26). The third-order valence-corrected chi connectivity index (χ3v) is 4.47. The lowest BCUT2D eigenvalue weighted by Crippen LogP contribution is -2.04. The molecular weight excluding hydrogens is 356 g/mol. The van der Waals surface area contributed by atoms with Crippen LogP contribution in [0.3, 0.4) is 0 Å². The number of aromatic amines is 2. The molecule has 2 heterocycles. The monoisotopic (exact) mass is 376 g/mol. The number of H-pyrrole nitrogens is 2. The fourth-order valence-corrected chi connectivity index (χ4v) is 3.02. The van der Waals surface area contributed by atoms with Crippen LogP contribution in [0.4, 0.5) is 0 Å². The lowest BCUT2D eigenvalue weighted by Gasteiger charge is -2.09. The summed E-state index contributed by atoms with van der Waals surface area (Å²) in [5, 5.41) is 1.94. The quantitative estimate of drug-likeness (QED) is 0.483. The lowest BCUT2D eigenvalue weighted by molar-refractivity contribution is 0.267. The molecule has 0 saturated heterocycles. The summed E-state index contributed by atoms with van der Waals surface area (Å²) >= 11 is 0. The third kappa shape index (κ3) is 4.23. The van der Waals surface area contributed by atoms with Crippen LogP contribution in [0, 0.1) is 0 Å². The van der Waals surface area contributed by atoms with Crippen molar-refractivity contribution in [2.75, 3.05) is 13.2 Å². The summed E-state index contributed by atoms with van der Waals surface area (Å²) in [4.78, 5) is 28.4. The molecule has 2 aromatic carbocycles. The van der Waals surface area contributed by atoms with E-state index >= 15 is 0 Å². The SMILES string of the molecule is O=c1ccc2ccc(OCCCCOc3ccc4ccc(=O)[nH]c4c3)cc2[nH]1. The zero-order chi connectivity index (χ0) is 19.3. The van der Waals surface area contributed by atoms with E-state index in [9.17, 15) is 9.59 Å². The van der Waals surface area contributed by atoms with E-state index in [4.69, 9.17) is 9.47 Å². The number of hydrogen-bond acceptors (Lipinski definition) is 4. The molecule has 6 nitrogen and oxygen atoms in total. The second-order valence-electron chi connectivity index (χ2n) is 6.55. The average molecular weight is 376 g/mol. The summed E-state index contributed by atoms with van der Waals surface area (Å²) in [5.74, 6) is 1.46. The van der Waals surface area contributed by atoms with Crippen molar-refractivity contribution in [2.24, 2.45) is 0 Å². The van der Waals surface area contributed by atoms with Crippen LogP contribution < -0.4 is 20.6 Å². The van der Waals surface area contributed by atoms with Gasteiger partial charge in [-0.15, -0.1) is 0 Å². The van der Waals surface area contributed by atoms with Gasteiger partial charge in [0.25, 0.3) is 0 Å². The zero-order valence-corrected chi connectivity index (χ0v) is 15.2. The molecule has 0 spiro atoms. The van der Waals surface area contributed by atoms with Gasteiger partial charge in [-0.1, -0.05) is 0 Å². The van der Waals surface area contributed by atoms with E-state index in [1.807, 2.05) is 36.4 Å². The molecule has 28 heavy (non-hydrogen) atoms. The van der Waals surface area contributed by atoms with E-state index in [1.165, 1.54) is 12.1 Å². The number of unbranched alkanes of at least 4 members (excludes halogenated alkanes) is 1. The number of rotatable bonds is 7. The van der Waals surface area contributed by atoms with Gasteiger partial charge in [0.05, 0.1) is 24.2 Å². The van der Waals surface area contributed by atoms with Crippen LogP contribution in [-0.2, 0) is 0 Å². The molecule has 142 valence electrons. The highest BCUT2D eigenvalue weighted by Gasteiger charge is 2.01. The van der Waals surface area contributed by atoms with Gasteiger partial charge in [0.1, 0.15) is 11.5 Å². The Morgan fingerprint density at radius 1 is 0.607 bits per heavy atom. The van der Waals surface area contributed by atoms with E-state index < -0.39 is 0 Å². The number of aromatic nitrogens is 2. The van der Waals surface area contributed by atoms with Gasteiger partial charge in [0.2, 0.25) is 11.1 Å². The second kappa shape index (κ2) is 8.00. The molecule has 4 rings (SSSR count). The van der Waals surface area contributed by atoms with Crippen molar-refractivity contribution in [1.29, 1.82) is 0 Å². The number of fused-ring (bicyclic) bond motifs is 2. The molecule has 0 radical (unpaired) electrons. The van der Waals surface area contributed by atoms with Crippen LogP contribution in [0.5, 0.6) is 11.5 Å². The van der Waals surface area contributed by atoms with Crippen LogP contribution in [0.2, 0.25) is 0 Å². The van der Waals surface area contributed by atoms with Crippen LogP contribution in [0.1, 0.15) is 12.8 Å². The average Bonchev–Trinajstić information content (AvgIpc) is 2.70. The molecule has 0 bridgehead atoms. The van der Waals surface area contributed by atoms with E-state index in [-0.39, 0.29) is 11.1 Å². The van der Waals surface area contributed by atoms with E-state index in [0.29, 0.717) is 13.2 Å². The predicted molar refractivity (Wildman–Crippen MR) is 109 cm³/mol. The Kier molecular flexibility index (Phi) is 5.10. The van der Waals surface area contributed by atoms with Crippen LogP contribution in [0.15, 0.2) is 70.3 Å². The van der Waals surface area contributed by atoms with Crippen molar-refractivity contribution in [3.05, 3.63) is 81.4 Å². The smallest absolute Gasteiger partial charge is 0.248 e. The van der Waals surface area contributed by atoms with E-state index in [0.717, 1.165) is 46.1 Å². The molecule has 0 saturated carbocycles. The summed E-state index contributed by atoms with van der Waals surface area (Å²) in [6.45, 7) is 1.13. The molecule has 0 atom stereocenters. The molecule has 2 aromatic heterocycles. The first-order valence-corrected chi connectivity index (χ1v) is 9.19. The van der Waals surface area contributed by atoms with Gasteiger partial charge in [-0.3, -0.25) is 9.59 Å². The van der Waals surface area contributed by atoms with E-state index in [1.54, 1.807) is 12.1 Å². The Bertz CT molecular complexity index is 1130. The first-order valence-electron chi connectivity index (χ1n) is 9.19. The number of benzene rings is 2. The lowest BCUT2D eigenvalue weighted by atomic mass is 10.2. The highest BCUT2D eigenvalue weighted by atomic mass is 16.5. The molecule has 0 aliphatic heterocycles. The largest absolute Gasteiger partial charge is 0.494 e. The highest BCUT2D eigenvalue weighted by molar-refractivity contribution is 5.80. The number of pyridine rings is 2. The van der Waals surface area contributed by atoms with Crippen molar-refractivity contribution in [1.82, 2.24) is 9.97 Å². The molecule has 0 aliphatic rings. The predicted octanol–water partition coefficient (Wildman–Crippen LogP) is 3.61.